The van der Waals surface area contributed by atoms with Crippen LogP contribution in [0.15, 0.2) is 0 Å². The Morgan fingerprint density at radius 1 is 1.56 bits per heavy atom. The summed E-state index contributed by atoms with van der Waals surface area (Å²) >= 11 is 4.94. The summed E-state index contributed by atoms with van der Waals surface area (Å²) in [5.41, 5.74) is -0.308. The van der Waals surface area contributed by atoms with Gasteiger partial charge in [-0.05, 0) is 33.0 Å². The average Bonchev–Trinajstić information content (AvgIpc) is 2.42. The van der Waals surface area contributed by atoms with E-state index in [4.69, 9.17) is 17.0 Å². The fourth-order valence-electron chi connectivity index (χ4n) is 1.32. The first-order valence-electron chi connectivity index (χ1n) is 5.17. The van der Waals surface area contributed by atoms with E-state index < -0.39 is 12.7 Å². The van der Waals surface area contributed by atoms with Gasteiger partial charge in [0.1, 0.15) is 12.7 Å². The second-order valence-electron chi connectivity index (χ2n) is 4.60. The monoisotopic (exact) mass is 248 g/mol. The van der Waals surface area contributed by atoms with Gasteiger partial charge in [-0.3, -0.25) is 9.69 Å². The smallest absolute Gasteiger partial charge is 0.253 e. The molecule has 0 radical (unpaired) electrons. The molecule has 0 saturated carbocycles. The van der Waals surface area contributed by atoms with Crippen LogP contribution in [0.4, 0.5) is 4.39 Å². The molecular formula is C10H17FN2O2S. The Morgan fingerprint density at radius 2 is 2.19 bits per heavy atom. The van der Waals surface area contributed by atoms with Crippen molar-refractivity contribution < 1.29 is 13.9 Å². The molecule has 1 aliphatic heterocycles. The molecule has 1 atom stereocenters. The van der Waals surface area contributed by atoms with Gasteiger partial charge in [-0.2, -0.15) is 0 Å². The van der Waals surface area contributed by atoms with E-state index in [0.717, 1.165) is 0 Å². The molecule has 1 unspecified atom stereocenters. The number of halogens is 1. The van der Waals surface area contributed by atoms with Gasteiger partial charge in [-0.25, -0.2) is 4.39 Å². The Hall–Kier alpha value is -0.750. The zero-order valence-corrected chi connectivity index (χ0v) is 10.6. The molecule has 16 heavy (non-hydrogen) atoms. The lowest BCUT2D eigenvalue weighted by Gasteiger charge is -2.21. The highest BCUT2D eigenvalue weighted by Gasteiger charge is 2.35. The van der Waals surface area contributed by atoms with Crippen molar-refractivity contribution in [1.82, 2.24) is 10.2 Å². The molecule has 4 nitrogen and oxygen atoms in total. The molecule has 0 aliphatic carbocycles. The average molecular weight is 248 g/mol. The zero-order chi connectivity index (χ0) is 12.3. The van der Waals surface area contributed by atoms with Crippen LogP contribution in [0.25, 0.3) is 0 Å². The van der Waals surface area contributed by atoms with Crippen LogP contribution in [-0.2, 0) is 9.53 Å². The van der Waals surface area contributed by atoms with Crippen molar-refractivity contribution in [3.05, 3.63) is 0 Å². The van der Waals surface area contributed by atoms with Crippen LogP contribution in [0.1, 0.15) is 20.8 Å². The lowest BCUT2D eigenvalue weighted by atomic mass is 10.2. The first kappa shape index (κ1) is 13.3. The number of ether oxygens (including phenoxy) is 1. The fraction of sp³-hybridized carbons (Fsp3) is 0.800. The van der Waals surface area contributed by atoms with Crippen molar-refractivity contribution in [2.24, 2.45) is 0 Å². The summed E-state index contributed by atoms with van der Waals surface area (Å²) in [6.45, 7) is 5.38. The maximum atomic E-state index is 12.2. The number of thiocarbonyl (C=S) groups is 1. The Labute approximate surface area is 100 Å². The first-order valence-corrected chi connectivity index (χ1v) is 5.58. The Bertz CT molecular complexity index is 291. The summed E-state index contributed by atoms with van der Waals surface area (Å²) in [4.78, 5) is 13.0. The topological polar surface area (TPSA) is 41.6 Å². The van der Waals surface area contributed by atoms with Gasteiger partial charge in [-0.15, -0.1) is 0 Å². The normalized spacial score (nSPS) is 21.5. The van der Waals surface area contributed by atoms with Crippen LogP contribution in [0.2, 0.25) is 0 Å². The lowest BCUT2D eigenvalue weighted by molar-refractivity contribution is -0.129. The van der Waals surface area contributed by atoms with Gasteiger partial charge in [0.05, 0.1) is 18.8 Å². The van der Waals surface area contributed by atoms with Gasteiger partial charge in [0.2, 0.25) is 0 Å². The number of carbonyl (C=O) groups excluding carboxylic acids is 1. The summed E-state index contributed by atoms with van der Waals surface area (Å²) in [5, 5.41) is 3.11. The Balaban J connectivity index is 2.52. The van der Waals surface area contributed by atoms with E-state index in [1.165, 1.54) is 4.90 Å². The summed E-state index contributed by atoms with van der Waals surface area (Å²) in [6, 6.07) is -0.488. The summed E-state index contributed by atoms with van der Waals surface area (Å²) < 4.78 is 17.7. The maximum absolute atomic E-state index is 12.2. The highest BCUT2D eigenvalue weighted by atomic mass is 32.1. The molecule has 92 valence electrons. The van der Waals surface area contributed by atoms with E-state index in [-0.39, 0.29) is 29.8 Å². The minimum absolute atomic E-state index is 0.0106. The standard InChI is InChI=1S/C10H17FN2O2S/c1-10(2,3)15-6-7-8(14)13(5-4-11)9(16)12-7/h7H,4-6H2,1-3H3,(H,12,16). The number of alkyl halides is 1. The van der Waals surface area contributed by atoms with E-state index in [1.54, 1.807) is 0 Å². The van der Waals surface area contributed by atoms with E-state index in [1.807, 2.05) is 20.8 Å². The fourth-order valence-corrected chi connectivity index (χ4v) is 1.64. The Morgan fingerprint density at radius 3 is 2.69 bits per heavy atom. The minimum atomic E-state index is -0.597. The number of hydrogen-bond donors (Lipinski definition) is 1. The largest absolute Gasteiger partial charge is 0.373 e. The number of nitrogens with zero attached hydrogens (tertiary/aromatic N) is 1. The number of amides is 1. The molecule has 0 aromatic rings. The van der Waals surface area contributed by atoms with Crippen molar-refractivity contribution in [3.63, 3.8) is 0 Å². The third-order valence-electron chi connectivity index (χ3n) is 2.10. The van der Waals surface area contributed by atoms with E-state index in [0.29, 0.717) is 0 Å². The molecular weight excluding hydrogens is 231 g/mol. The molecule has 1 saturated heterocycles. The van der Waals surface area contributed by atoms with E-state index in [2.05, 4.69) is 5.32 Å². The van der Waals surface area contributed by atoms with Crippen LogP contribution in [0.5, 0.6) is 0 Å². The second kappa shape index (κ2) is 5.05. The lowest BCUT2D eigenvalue weighted by Crippen LogP contribution is -2.37. The first-order chi connectivity index (χ1) is 7.35. The van der Waals surface area contributed by atoms with Gasteiger partial charge in [-0.1, -0.05) is 0 Å². The summed E-state index contributed by atoms with van der Waals surface area (Å²) in [6.07, 6.45) is 0. The van der Waals surface area contributed by atoms with Crippen molar-refractivity contribution >= 4 is 23.2 Å². The molecule has 0 aromatic carbocycles. The maximum Gasteiger partial charge on any atom is 0.253 e. The highest BCUT2D eigenvalue weighted by Crippen LogP contribution is 2.12. The van der Waals surface area contributed by atoms with Gasteiger partial charge in [0.15, 0.2) is 5.11 Å². The SMILES string of the molecule is CC(C)(C)OCC1NC(=S)N(CCF)C1=O. The van der Waals surface area contributed by atoms with Crippen molar-refractivity contribution in [1.29, 1.82) is 0 Å². The van der Waals surface area contributed by atoms with E-state index >= 15 is 0 Å². The summed E-state index contributed by atoms with van der Waals surface area (Å²) in [5.74, 6) is -0.216. The van der Waals surface area contributed by atoms with Crippen LogP contribution in [0, 0.1) is 0 Å². The second-order valence-corrected chi connectivity index (χ2v) is 4.99. The predicted molar refractivity (Wildman–Crippen MR) is 62.9 cm³/mol. The van der Waals surface area contributed by atoms with E-state index in [9.17, 15) is 9.18 Å². The molecule has 1 N–H and O–H groups in total. The number of rotatable bonds is 4. The van der Waals surface area contributed by atoms with Gasteiger partial charge >= 0.3 is 0 Å². The molecule has 0 bridgehead atoms. The van der Waals surface area contributed by atoms with Gasteiger partial charge in [0.25, 0.3) is 5.91 Å². The van der Waals surface area contributed by atoms with Crippen molar-refractivity contribution in [3.8, 4) is 0 Å². The quantitative estimate of drug-likeness (QED) is 0.749. The number of nitrogens with one attached hydrogen (secondary N) is 1. The van der Waals surface area contributed by atoms with Gasteiger partial charge < -0.3 is 10.1 Å². The minimum Gasteiger partial charge on any atom is -0.373 e. The van der Waals surface area contributed by atoms with Crippen LogP contribution in [0.3, 0.4) is 0 Å². The van der Waals surface area contributed by atoms with Crippen LogP contribution < -0.4 is 5.32 Å². The number of hydrogen-bond acceptors (Lipinski definition) is 3. The van der Waals surface area contributed by atoms with Crippen LogP contribution in [-0.4, -0.2) is 47.4 Å². The molecule has 1 fully saturated rings. The Kier molecular flexibility index (Phi) is 4.21. The molecule has 1 rings (SSSR count). The summed E-state index contributed by atoms with van der Waals surface area (Å²) in [7, 11) is 0. The molecule has 0 spiro atoms. The van der Waals surface area contributed by atoms with Gasteiger partial charge in [0, 0.05) is 0 Å². The number of carbonyl (C=O) groups is 1. The molecule has 1 amide bonds. The highest BCUT2D eigenvalue weighted by molar-refractivity contribution is 7.80. The third-order valence-corrected chi connectivity index (χ3v) is 2.44. The molecule has 1 aliphatic rings. The van der Waals surface area contributed by atoms with Crippen LogP contribution >= 0.6 is 12.2 Å². The van der Waals surface area contributed by atoms with Crippen molar-refractivity contribution in [2.45, 2.75) is 32.4 Å². The molecule has 0 aromatic heterocycles. The predicted octanol–water partition coefficient (Wildman–Crippen LogP) is 0.856. The van der Waals surface area contributed by atoms with Crippen molar-refractivity contribution in [2.75, 3.05) is 19.8 Å². The third kappa shape index (κ3) is 3.38. The zero-order valence-electron chi connectivity index (χ0n) is 9.75. The molecule has 1 heterocycles. The molecule has 6 heteroatoms.